The van der Waals surface area contributed by atoms with Crippen LogP contribution in [0.25, 0.3) is 0 Å². The molecule has 1 aliphatic heterocycles. The molecule has 2 fully saturated rings. The Bertz CT molecular complexity index is 426. The molecule has 2 aliphatic rings. The Morgan fingerprint density at radius 3 is 2.58 bits per heavy atom. The van der Waals surface area contributed by atoms with Crippen LogP contribution < -0.4 is 0 Å². The van der Waals surface area contributed by atoms with Gasteiger partial charge in [-0.05, 0) is 38.0 Å². The number of nitrogens with zero attached hydrogens (tertiary/aromatic N) is 2. The lowest BCUT2D eigenvalue weighted by molar-refractivity contribution is 0.115. The molecule has 0 aromatic carbocycles. The first kappa shape index (κ1) is 21.7. The van der Waals surface area contributed by atoms with E-state index in [1.807, 2.05) is 0 Å². The van der Waals surface area contributed by atoms with Crippen molar-refractivity contribution in [3.63, 3.8) is 0 Å². The fraction of sp³-hybridized carbons (Fsp3) is 0.955. The topological polar surface area (TPSA) is 45.1 Å². The van der Waals surface area contributed by atoms with Gasteiger partial charge in [-0.3, -0.25) is 5.01 Å². The van der Waals surface area contributed by atoms with E-state index in [4.69, 9.17) is 9.84 Å². The highest BCUT2D eigenvalue weighted by Crippen LogP contribution is 2.43. The summed E-state index contributed by atoms with van der Waals surface area (Å²) < 4.78 is 5.39. The van der Waals surface area contributed by atoms with Crippen LogP contribution in [0.4, 0.5) is 0 Å². The minimum Gasteiger partial charge on any atom is -0.395 e. The summed E-state index contributed by atoms with van der Waals surface area (Å²) in [6, 6.07) is 0.412. The molecule has 0 spiro atoms. The van der Waals surface area contributed by atoms with Crippen molar-refractivity contribution in [2.75, 3.05) is 26.9 Å². The van der Waals surface area contributed by atoms with Gasteiger partial charge in [-0.15, -0.1) is 0 Å². The van der Waals surface area contributed by atoms with Crippen molar-refractivity contribution in [2.24, 2.45) is 16.4 Å². The number of ether oxygens (including phenoxy) is 1. The van der Waals surface area contributed by atoms with Crippen molar-refractivity contribution >= 4 is 5.71 Å². The SMILES string of the molecule is CCCCCCCCC[C@@]1(CO)CC[C@H](C)/C1=N\N1CCC[C@@H]1COC. The molecule has 4 nitrogen and oxygen atoms in total. The highest BCUT2D eigenvalue weighted by Gasteiger charge is 2.44. The van der Waals surface area contributed by atoms with Crippen LogP contribution in [0.3, 0.4) is 0 Å². The standard InChI is InChI=1S/C22H42N2O2/c1-4-5-6-7-8-9-10-14-22(18-25)15-13-19(2)21(22)23-24-16-11-12-20(24)17-26-3/h19-20,25H,4-18H2,1-3H3/b23-21+/t19-,20+,22-/m0/s1. The van der Waals surface area contributed by atoms with E-state index in [2.05, 4.69) is 18.9 Å². The van der Waals surface area contributed by atoms with Gasteiger partial charge >= 0.3 is 0 Å². The Kier molecular flexibility index (Phi) is 9.41. The van der Waals surface area contributed by atoms with Crippen molar-refractivity contribution in [1.29, 1.82) is 0 Å². The molecule has 0 unspecified atom stereocenters. The summed E-state index contributed by atoms with van der Waals surface area (Å²) in [5.74, 6) is 0.496. The first-order chi connectivity index (χ1) is 12.7. The maximum absolute atomic E-state index is 10.3. The smallest absolute Gasteiger partial charge is 0.0704 e. The molecule has 1 saturated heterocycles. The van der Waals surface area contributed by atoms with E-state index in [0.29, 0.717) is 12.0 Å². The molecule has 2 rings (SSSR count). The highest BCUT2D eigenvalue weighted by molar-refractivity contribution is 5.94. The van der Waals surface area contributed by atoms with Gasteiger partial charge < -0.3 is 9.84 Å². The highest BCUT2D eigenvalue weighted by atomic mass is 16.5. The Morgan fingerprint density at radius 1 is 1.15 bits per heavy atom. The number of unbranched alkanes of at least 4 members (excludes halogenated alkanes) is 6. The maximum atomic E-state index is 10.3. The molecule has 0 bridgehead atoms. The molecule has 26 heavy (non-hydrogen) atoms. The van der Waals surface area contributed by atoms with Gasteiger partial charge in [0.15, 0.2) is 0 Å². The summed E-state index contributed by atoms with van der Waals surface area (Å²) in [5, 5.41) is 17.7. The fourth-order valence-electron chi connectivity index (χ4n) is 4.85. The third-order valence-electron chi connectivity index (χ3n) is 6.57. The van der Waals surface area contributed by atoms with E-state index in [9.17, 15) is 5.11 Å². The second kappa shape index (κ2) is 11.3. The Labute approximate surface area is 161 Å². The van der Waals surface area contributed by atoms with Crippen LogP contribution in [-0.2, 0) is 4.74 Å². The van der Waals surface area contributed by atoms with E-state index in [1.54, 1.807) is 7.11 Å². The van der Waals surface area contributed by atoms with Crippen LogP contribution in [0.1, 0.15) is 90.9 Å². The van der Waals surface area contributed by atoms with Crippen molar-refractivity contribution < 1.29 is 9.84 Å². The molecule has 3 atom stereocenters. The Balaban J connectivity index is 1.93. The third kappa shape index (κ3) is 5.69. The van der Waals surface area contributed by atoms with Gasteiger partial charge in [0, 0.05) is 24.8 Å². The molecule has 0 aromatic rings. The lowest BCUT2D eigenvalue weighted by atomic mass is 9.79. The molecule has 1 saturated carbocycles. The average Bonchev–Trinajstić information content (AvgIpc) is 3.21. The second-order valence-corrected chi connectivity index (χ2v) is 8.65. The number of aliphatic hydroxyl groups is 1. The summed E-state index contributed by atoms with van der Waals surface area (Å²) in [4.78, 5) is 0. The van der Waals surface area contributed by atoms with E-state index < -0.39 is 0 Å². The number of hydrogen-bond donors (Lipinski definition) is 1. The lowest BCUT2D eigenvalue weighted by Crippen LogP contribution is -2.37. The zero-order valence-electron chi connectivity index (χ0n) is 17.5. The number of rotatable bonds is 12. The van der Waals surface area contributed by atoms with Crippen LogP contribution in [0.2, 0.25) is 0 Å². The van der Waals surface area contributed by atoms with Crippen LogP contribution in [0.5, 0.6) is 0 Å². The predicted molar refractivity (Wildman–Crippen MR) is 110 cm³/mol. The molecule has 0 radical (unpaired) electrons. The van der Waals surface area contributed by atoms with Crippen LogP contribution in [-0.4, -0.2) is 48.7 Å². The van der Waals surface area contributed by atoms with E-state index in [0.717, 1.165) is 26.0 Å². The van der Waals surface area contributed by atoms with Crippen LogP contribution >= 0.6 is 0 Å². The average molecular weight is 367 g/mol. The summed E-state index contributed by atoms with van der Waals surface area (Å²) in [7, 11) is 1.78. The zero-order valence-corrected chi connectivity index (χ0v) is 17.5. The molecule has 152 valence electrons. The fourth-order valence-corrected chi connectivity index (χ4v) is 4.85. The summed E-state index contributed by atoms with van der Waals surface area (Å²) in [5.41, 5.74) is 1.21. The lowest BCUT2D eigenvalue weighted by Gasteiger charge is -2.31. The van der Waals surface area contributed by atoms with Gasteiger partial charge in [-0.1, -0.05) is 58.8 Å². The first-order valence-electron chi connectivity index (χ1n) is 11.1. The Hall–Kier alpha value is -0.610. The molecule has 1 N–H and O–H groups in total. The minimum absolute atomic E-state index is 0.0664. The van der Waals surface area contributed by atoms with Gasteiger partial charge in [0.2, 0.25) is 0 Å². The number of methoxy groups -OCH3 is 1. The van der Waals surface area contributed by atoms with Crippen molar-refractivity contribution in [2.45, 2.75) is 96.9 Å². The van der Waals surface area contributed by atoms with Gasteiger partial charge in [0.1, 0.15) is 0 Å². The first-order valence-corrected chi connectivity index (χ1v) is 11.1. The van der Waals surface area contributed by atoms with E-state index in [1.165, 1.54) is 69.9 Å². The van der Waals surface area contributed by atoms with Crippen molar-refractivity contribution in [3.05, 3.63) is 0 Å². The second-order valence-electron chi connectivity index (χ2n) is 8.65. The van der Waals surface area contributed by atoms with Gasteiger partial charge in [-0.25, -0.2) is 0 Å². The molecule has 4 heteroatoms. The third-order valence-corrected chi connectivity index (χ3v) is 6.57. The monoisotopic (exact) mass is 366 g/mol. The molecule has 1 aliphatic carbocycles. The summed E-state index contributed by atoms with van der Waals surface area (Å²) >= 11 is 0. The molecular formula is C22H42N2O2. The molecule has 1 heterocycles. The summed E-state index contributed by atoms with van der Waals surface area (Å²) in [6.07, 6.45) is 15.0. The van der Waals surface area contributed by atoms with E-state index in [-0.39, 0.29) is 12.0 Å². The van der Waals surface area contributed by atoms with E-state index >= 15 is 0 Å². The number of aliphatic hydroxyl groups excluding tert-OH is 1. The number of hydrazone groups is 1. The molecule has 0 amide bonds. The maximum Gasteiger partial charge on any atom is 0.0704 e. The van der Waals surface area contributed by atoms with Gasteiger partial charge in [0.25, 0.3) is 0 Å². The van der Waals surface area contributed by atoms with Gasteiger partial charge in [-0.2, -0.15) is 5.10 Å². The van der Waals surface area contributed by atoms with Crippen molar-refractivity contribution in [1.82, 2.24) is 5.01 Å². The number of hydrogen-bond acceptors (Lipinski definition) is 4. The predicted octanol–water partition coefficient (Wildman–Crippen LogP) is 5.00. The zero-order chi connectivity index (χ0) is 18.8. The largest absolute Gasteiger partial charge is 0.395 e. The normalized spacial score (nSPS) is 30.6. The molecular weight excluding hydrogens is 324 g/mol. The van der Waals surface area contributed by atoms with Crippen LogP contribution in [0, 0.1) is 11.3 Å². The minimum atomic E-state index is -0.0664. The van der Waals surface area contributed by atoms with Crippen LogP contribution in [0.15, 0.2) is 5.10 Å². The Morgan fingerprint density at radius 2 is 1.88 bits per heavy atom. The quantitative estimate of drug-likeness (QED) is 0.494. The summed E-state index contributed by atoms with van der Waals surface area (Å²) in [6.45, 7) is 6.61. The van der Waals surface area contributed by atoms with Crippen molar-refractivity contribution in [3.8, 4) is 0 Å². The molecule has 0 aromatic heterocycles. The van der Waals surface area contributed by atoms with Gasteiger partial charge in [0.05, 0.1) is 19.3 Å².